The van der Waals surface area contributed by atoms with Gasteiger partial charge < -0.3 is 19.3 Å². The van der Waals surface area contributed by atoms with Gasteiger partial charge in [0.05, 0.1) is 25.3 Å². The Balaban J connectivity index is 1.25. The molecule has 1 N–H and O–H groups in total. The Bertz CT molecular complexity index is 926. The molecule has 4 rings (SSSR count). The van der Waals surface area contributed by atoms with Gasteiger partial charge in [0.25, 0.3) is 0 Å². The molecule has 1 aliphatic rings. The van der Waals surface area contributed by atoms with Crippen molar-refractivity contribution in [1.82, 2.24) is 10.5 Å². The van der Waals surface area contributed by atoms with Crippen LogP contribution in [0.25, 0.3) is 10.8 Å². The number of carbonyl (C=O) groups excluding carboxylic acids is 1. The summed E-state index contributed by atoms with van der Waals surface area (Å²) in [5.41, 5.74) is 1.75. The first-order chi connectivity index (χ1) is 13.8. The molecule has 3 aromatic rings. The van der Waals surface area contributed by atoms with Gasteiger partial charge in [-0.3, -0.25) is 4.79 Å². The number of fused-ring (bicyclic) bond motifs is 1. The Hall–Kier alpha value is -2.70. The van der Waals surface area contributed by atoms with Gasteiger partial charge in [0.2, 0.25) is 5.91 Å². The van der Waals surface area contributed by atoms with Crippen molar-refractivity contribution in [1.29, 1.82) is 0 Å². The molecule has 1 atom stereocenters. The van der Waals surface area contributed by atoms with E-state index in [4.69, 9.17) is 14.0 Å². The lowest BCUT2D eigenvalue weighted by Crippen LogP contribution is -2.30. The Labute approximate surface area is 163 Å². The molecule has 1 saturated heterocycles. The number of nitrogens with zero attached hydrogens (tertiary/aromatic N) is 1. The minimum absolute atomic E-state index is 0.0524. The predicted octanol–water partition coefficient (Wildman–Crippen LogP) is 3.24. The summed E-state index contributed by atoms with van der Waals surface area (Å²) in [4.78, 5) is 12.0. The molecular formula is C22H24N2O4. The van der Waals surface area contributed by atoms with E-state index in [1.165, 1.54) is 10.8 Å². The van der Waals surface area contributed by atoms with E-state index in [-0.39, 0.29) is 12.3 Å². The van der Waals surface area contributed by atoms with Crippen LogP contribution in [0.1, 0.15) is 23.4 Å². The van der Waals surface area contributed by atoms with Gasteiger partial charge in [0.1, 0.15) is 6.61 Å². The SMILES string of the molecule is O=C(Cc1cc(COCc2cccc3ccccc23)on1)NCC1CCOC1. The number of nitrogens with one attached hydrogen (secondary N) is 1. The summed E-state index contributed by atoms with van der Waals surface area (Å²) in [6.07, 6.45) is 1.21. The zero-order chi connectivity index (χ0) is 19.2. The summed E-state index contributed by atoms with van der Waals surface area (Å²) in [5.74, 6) is 0.981. The molecule has 0 saturated carbocycles. The number of amides is 1. The molecule has 146 valence electrons. The maximum absolute atomic E-state index is 12.0. The highest BCUT2D eigenvalue weighted by molar-refractivity contribution is 5.85. The molecular weight excluding hydrogens is 356 g/mol. The second-order valence-corrected chi connectivity index (χ2v) is 7.13. The highest BCUT2D eigenvalue weighted by Gasteiger charge is 2.17. The van der Waals surface area contributed by atoms with Crippen LogP contribution in [-0.2, 0) is 33.9 Å². The number of aromatic nitrogens is 1. The zero-order valence-electron chi connectivity index (χ0n) is 15.7. The standard InChI is InChI=1S/C22H24N2O4/c25-22(23-12-16-8-9-26-13-16)11-19-10-20(28-24-19)15-27-14-18-6-3-5-17-4-1-2-7-21(17)18/h1-7,10,16H,8-9,11-15H2,(H,23,25). The van der Waals surface area contributed by atoms with Gasteiger partial charge in [-0.15, -0.1) is 0 Å². The van der Waals surface area contributed by atoms with Crippen molar-refractivity contribution in [3.05, 3.63) is 65.5 Å². The van der Waals surface area contributed by atoms with Crippen molar-refractivity contribution in [3.8, 4) is 0 Å². The lowest BCUT2D eigenvalue weighted by atomic mass is 10.1. The number of benzene rings is 2. The molecule has 1 amide bonds. The van der Waals surface area contributed by atoms with Gasteiger partial charge in [-0.05, 0) is 22.8 Å². The molecule has 1 unspecified atom stereocenters. The number of ether oxygens (including phenoxy) is 2. The highest BCUT2D eigenvalue weighted by atomic mass is 16.5. The maximum atomic E-state index is 12.0. The van der Waals surface area contributed by atoms with Crippen LogP contribution in [0.5, 0.6) is 0 Å². The monoisotopic (exact) mass is 380 g/mol. The Morgan fingerprint density at radius 2 is 2.07 bits per heavy atom. The molecule has 28 heavy (non-hydrogen) atoms. The van der Waals surface area contributed by atoms with Crippen LogP contribution >= 0.6 is 0 Å². The summed E-state index contributed by atoms with van der Waals surface area (Å²) in [5, 5.41) is 9.29. The van der Waals surface area contributed by atoms with Crippen molar-refractivity contribution >= 4 is 16.7 Å². The van der Waals surface area contributed by atoms with E-state index >= 15 is 0 Å². The van der Waals surface area contributed by atoms with Crippen molar-refractivity contribution in [3.63, 3.8) is 0 Å². The van der Waals surface area contributed by atoms with E-state index in [1.807, 2.05) is 18.2 Å². The lowest BCUT2D eigenvalue weighted by Gasteiger charge is -2.08. The minimum atomic E-state index is -0.0524. The van der Waals surface area contributed by atoms with Crippen molar-refractivity contribution in [2.75, 3.05) is 19.8 Å². The van der Waals surface area contributed by atoms with Gasteiger partial charge in [0.15, 0.2) is 5.76 Å². The largest absolute Gasteiger partial charge is 0.381 e. The van der Waals surface area contributed by atoms with Crippen molar-refractivity contribution < 1.29 is 18.8 Å². The molecule has 0 spiro atoms. The highest BCUT2D eigenvalue weighted by Crippen LogP contribution is 2.19. The average molecular weight is 380 g/mol. The lowest BCUT2D eigenvalue weighted by molar-refractivity contribution is -0.120. The molecule has 0 bridgehead atoms. The summed E-state index contributed by atoms with van der Waals surface area (Å²) in [6.45, 7) is 2.96. The van der Waals surface area contributed by atoms with Crippen molar-refractivity contribution in [2.45, 2.75) is 26.1 Å². The fourth-order valence-corrected chi connectivity index (χ4v) is 3.42. The van der Waals surface area contributed by atoms with Crippen LogP contribution in [0.4, 0.5) is 0 Å². The summed E-state index contributed by atoms with van der Waals surface area (Å²) in [6, 6.07) is 16.2. The third-order valence-corrected chi connectivity index (χ3v) is 4.94. The summed E-state index contributed by atoms with van der Waals surface area (Å²) in [7, 11) is 0. The fourth-order valence-electron chi connectivity index (χ4n) is 3.42. The molecule has 2 heterocycles. The van der Waals surface area contributed by atoms with Gasteiger partial charge >= 0.3 is 0 Å². The van der Waals surface area contributed by atoms with Crippen LogP contribution < -0.4 is 5.32 Å². The molecule has 2 aromatic carbocycles. The fraction of sp³-hybridized carbons (Fsp3) is 0.364. The van der Waals surface area contributed by atoms with Crippen LogP contribution in [-0.4, -0.2) is 30.8 Å². The molecule has 6 nitrogen and oxygen atoms in total. The van der Waals surface area contributed by atoms with Crippen LogP contribution in [0.15, 0.2) is 53.1 Å². The topological polar surface area (TPSA) is 73.6 Å². The van der Waals surface area contributed by atoms with Crippen LogP contribution in [0, 0.1) is 5.92 Å². The smallest absolute Gasteiger partial charge is 0.226 e. The van der Waals surface area contributed by atoms with E-state index in [1.54, 1.807) is 6.07 Å². The second kappa shape index (κ2) is 8.99. The van der Waals surface area contributed by atoms with Crippen LogP contribution in [0.2, 0.25) is 0 Å². The quantitative estimate of drug-likeness (QED) is 0.649. The molecule has 1 aliphatic heterocycles. The van der Waals surface area contributed by atoms with Gasteiger partial charge in [-0.2, -0.15) is 0 Å². The Kier molecular flexibility index (Phi) is 5.99. The van der Waals surface area contributed by atoms with Gasteiger partial charge in [0, 0.05) is 25.1 Å². The van der Waals surface area contributed by atoms with E-state index in [2.05, 4.69) is 34.7 Å². The summed E-state index contributed by atoms with van der Waals surface area (Å²) >= 11 is 0. The van der Waals surface area contributed by atoms with E-state index in [9.17, 15) is 4.79 Å². The van der Waals surface area contributed by atoms with E-state index in [0.717, 1.165) is 25.2 Å². The summed E-state index contributed by atoms with van der Waals surface area (Å²) < 4.78 is 16.4. The van der Waals surface area contributed by atoms with E-state index in [0.29, 0.717) is 37.1 Å². The number of hydrogen-bond donors (Lipinski definition) is 1. The third-order valence-electron chi connectivity index (χ3n) is 4.94. The molecule has 0 radical (unpaired) electrons. The Morgan fingerprint density at radius 1 is 1.18 bits per heavy atom. The minimum Gasteiger partial charge on any atom is -0.381 e. The zero-order valence-corrected chi connectivity index (χ0v) is 15.7. The number of hydrogen-bond acceptors (Lipinski definition) is 5. The molecule has 1 aromatic heterocycles. The van der Waals surface area contributed by atoms with Crippen LogP contribution in [0.3, 0.4) is 0 Å². The second-order valence-electron chi connectivity index (χ2n) is 7.13. The normalized spacial score (nSPS) is 16.5. The average Bonchev–Trinajstić information content (AvgIpc) is 3.39. The molecule has 6 heteroatoms. The first kappa shape index (κ1) is 18.7. The number of carbonyl (C=O) groups is 1. The molecule has 0 aliphatic carbocycles. The first-order valence-electron chi connectivity index (χ1n) is 9.61. The third kappa shape index (κ3) is 4.77. The Morgan fingerprint density at radius 3 is 2.96 bits per heavy atom. The van der Waals surface area contributed by atoms with Crippen molar-refractivity contribution in [2.24, 2.45) is 5.92 Å². The molecule has 1 fully saturated rings. The number of rotatable bonds is 8. The van der Waals surface area contributed by atoms with E-state index < -0.39 is 0 Å². The van der Waals surface area contributed by atoms with Gasteiger partial charge in [-0.25, -0.2) is 0 Å². The first-order valence-corrected chi connectivity index (χ1v) is 9.61. The predicted molar refractivity (Wildman–Crippen MR) is 105 cm³/mol. The maximum Gasteiger partial charge on any atom is 0.226 e. The van der Waals surface area contributed by atoms with Gasteiger partial charge in [-0.1, -0.05) is 47.6 Å².